The van der Waals surface area contributed by atoms with Crippen LogP contribution in [-0.2, 0) is 29.4 Å². The Kier molecular flexibility index (Phi) is 7.61. The second kappa shape index (κ2) is 9.50. The molecule has 2 aromatic heterocycles. The molecule has 1 saturated heterocycles. The van der Waals surface area contributed by atoms with Gasteiger partial charge in [-0.3, -0.25) is 9.67 Å². The molecular formula is C15H24IN7O3S. The minimum absolute atomic E-state index is 0. The van der Waals surface area contributed by atoms with Crippen molar-refractivity contribution >= 4 is 40.0 Å². The fourth-order valence-corrected chi connectivity index (χ4v) is 4.27. The van der Waals surface area contributed by atoms with Crippen molar-refractivity contribution in [3.05, 3.63) is 36.0 Å². The Balaban J connectivity index is 0.00000261. The van der Waals surface area contributed by atoms with Gasteiger partial charge in [0, 0.05) is 52.5 Å². The van der Waals surface area contributed by atoms with E-state index in [9.17, 15) is 8.42 Å². The highest BCUT2D eigenvalue weighted by Gasteiger charge is 2.28. The van der Waals surface area contributed by atoms with Gasteiger partial charge in [-0.25, -0.2) is 8.42 Å². The van der Waals surface area contributed by atoms with Crippen molar-refractivity contribution in [2.75, 3.05) is 33.2 Å². The molecule has 27 heavy (non-hydrogen) atoms. The van der Waals surface area contributed by atoms with Gasteiger partial charge in [0.2, 0.25) is 10.0 Å². The Hall–Kier alpha value is -1.67. The van der Waals surface area contributed by atoms with Crippen molar-refractivity contribution < 1.29 is 12.9 Å². The smallest absolute Gasteiger partial charge is 0.220 e. The highest BCUT2D eigenvalue weighted by Crippen LogP contribution is 2.13. The summed E-state index contributed by atoms with van der Waals surface area (Å²) < 4.78 is 33.0. The van der Waals surface area contributed by atoms with E-state index >= 15 is 0 Å². The van der Waals surface area contributed by atoms with E-state index in [1.807, 2.05) is 13.1 Å². The molecule has 2 aromatic rings. The molecule has 0 aromatic carbocycles. The van der Waals surface area contributed by atoms with Gasteiger partial charge in [0.05, 0.1) is 17.9 Å². The van der Waals surface area contributed by atoms with Gasteiger partial charge in [0.1, 0.15) is 12.0 Å². The highest BCUT2D eigenvalue weighted by molar-refractivity contribution is 14.0. The lowest BCUT2D eigenvalue weighted by Crippen LogP contribution is -2.53. The van der Waals surface area contributed by atoms with E-state index in [0.29, 0.717) is 38.4 Å². The van der Waals surface area contributed by atoms with E-state index in [2.05, 4.69) is 25.5 Å². The fourth-order valence-electron chi connectivity index (χ4n) is 2.84. The Morgan fingerprint density at radius 1 is 1.30 bits per heavy atom. The number of sulfonamides is 1. The molecule has 0 saturated carbocycles. The zero-order valence-electron chi connectivity index (χ0n) is 15.3. The van der Waals surface area contributed by atoms with Crippen LogP contribution in [0, 0.1) is 0 Å². The first-order valence-electron chi connectivity index (χ1n) is 8.29. The number of nitrogens with one attached hydrogen (secondary N) is 1. The number of aliphatic imine (C=N–C) groups is 1. The lowest BCUT2D eigenvalue weighted by Gasteiger charge is -2.35. The summed E-state index contributed by atoms with van der Waals surface area (Å²) in [4.78, 5) is 6.35. The topological polar surface area (TPSA) is 109 Å². The number of hydrogen-bond donors (Lipinski definition) is 1. The van der Waals surface area contributed by atoms with Gasteiger partial charge in [-0.05, 0) is 6.07 Å². The zero-order valence-corrected chi connectivity index (χ0v) is 18.4. The molecule has 12 heteroatoms. The average molecular weight is 509 g/mol. The molecule has 1 aliphatic rings. The van der Waals surface area contributed by atoms with Gasteiger partial charge >= 0.3 is 0 Å². The number of aryl methyl sites for hydroxylation is 1. The lowest BCUT2D eigenvalue weighted by molar-refractivity contribution is 0.259. The maximum absolute atomic E-state index is 12.5. The first kappa shape index (κ1) is 21.6. The molecular weight excluding hydrogens is 485 g/mol. The largest absolute Gasteiger partial charge is 0.364 e. The molecule has 0 atom stereocenters. The van der Waals surface area contributed by atoms with E-state index in [-0.39, 0.29) is 29.7 Å². The number of nitrogens with zero attached hydrogens (tertiary/aromatic N) is 6. The minimum Gasteiger partial charge on any atom is -0.364 e. The molecule has 1 N–H and O–H groups in total. The summed E-state index contributed by atoms with van der Waals surface area (Å²) in [6.07, 6.45) is 3.12. The summed E-state index contributed by atoms with van der Waals surface area (Å²) >= 11 is 0. The predicted octanol–water partition coefficient (Wildman–Crippen LogP) is 0.249. The fraction of sp³-hybridized carbons (Fsp3) is 0.533. The number of hydrogen-bond acceptors (Lipinski definition) is 6. The summed E-state index contributed by atoms with van der Waals surface area (Å²) in [5.74, 6) is 0.608. The number of rotatable bonds is 5. The Morgan fingerprint density at radius 2 is 2.04 bits per heavy atom. The van der Waals surface area contributed by atoms with Crippen LogP contribution < -0.4 is 5.32 Å². The summed E-state index contributed by atoms with van der Waals surface area (Å²) in [7, 11) is 0.205. The van der Waals surface area contributed by atoms with E-state index in [1.165, 1.54) is 10.6 Å². The van der Waals surface area contributed by atoms with Crippen molar-refractivity contribution in [1.29, 1.82) is 0 Å². The van der Waals surface area contributed by atoms with Gasteiger partial charge in [-0.15, -0.1) is 24.0 Å². The summed E-state index contributed by atoms with van der Waals surface area (Å²) in [5, 5.41) is 11.1. The Morgan fingerprint density at radius 3 is 2.59 bits per heavy atom. The summed E-state index contributed by atoms with van der Waals surface area (Å²) in [5.41, 5.74) is 1.46. The normalized spacial score (nSPS) is 16.2. The van der Waals surface area contributed by atoms with E-state index < -0.39 is 10.0 Å². The molecule has 0 amide bonds. The summed E-state index contributed by atoms with van der Waals surface area (Å²) in [6, 6.07) is 3.51. The van der Waals surface area contributed by atoms with Crippen molar-refractivity contribution in [3.8, 4) is 0 Å². The molecule has 10 nitrogen and oxygen atoms in total. The van der Waals surface area contributed by atoms with Crippen LogP contribution >= 0.6 is 24.0 Å². The number of halogens is 1. The number of piperazine rings is 1. The zero-order chi connectivity index (χ0) is 18.6. The van der Waals surface area contributed by atoms with E-state index in [0.717, 1.165) is 11.7 Å². The molecule has 0 radical (unpaired) electrons. The van der Waals surface area contributed by atoms with Crippen LogP contribution in [0.4, 0.5) is 0 Å². The van der Waals surface area contributed by atoms with Crippen LogP contribution in [0.2, 0.25) is 0 Å². The van der Waals surface area contributed by atoms with Crippen molar-refractivity contribution in [2.45, 2.75) is 12.3 Å². The SMILES string of the molecule is CN=C(NCc1ccnn1C)N1CCN(S(=O)(=O)Cc2ccon2)CC1.I. The van der Waals surface area contributed by atoms with Crippen LogP contribution in [0.5, 0.6) is 0 Å². The van der Waals surface area contributed by atoms with Gasteiger partial charge < -0.3 is 14.7 Å². The van der Waals surface area contributed by atoms with Crippen molar-refractivity contribution in [2.24, 2.45) is 12.0 Å². The highest BCUT2D eigenvalue weighted by atomic mass is 127. The Labute approximate surface area is 175 Å². The van der Waals surface area contributed by atoms with Gasteiger partial charge in [-0.1, -0.05) is 5.16 Å². The number of guanidine groups is 1. The number of aromatic nitrogens is 3. The minimum atomic E-state index is -3.40. The van der Waals surface area contributed by atoms with Gasteiger partial charge in [0.15, 0.2) is 5.96 Å². The maximum Gasteiger partial charge on any atom is 0.220 e. The Bertz CT molecular complexity index is 843. The third-order valence-corrected chi connectivity index (χ3v) is 6.13. The maximum atomic E-state index is 12.5. The second-order valence-electron chi connectivity index (χ2n) is 5.98. The van der Waals surface area contributed by atoms with E-state index in [4.69, 9.17) is 4.52 Å². The summed E-state index contributed by atoms with van der Waals surface area (Å²) in [6.45, 7) is 2.57. The van der Waals surface area contributed by atoms with Crippen LogP contribution in [0.25, 0.3) is 0 Å². The van der Waals surface area contributed by atoms with Crippen LogP contribution in [0.15, 0.2) is 34.1 Å². The molecule has 150 valence electrons. The van der Waals surface area contributed by atoms with Crippen LogP contribution in [0.1, 0.15) is 11.4 Å². The molecule has 0 bridgehead atoms. The van der Waals surface area contributed by atoms with Crippen molar-refractivity contribution in [3.63, 3.8) is 0 Å². The molecule has 1 aliphatic heterocycles. The molecule has 0 unspecified atom stereocenters. The van der Waals surface area contributed by atoms with Gasteiger partial charge in [-0.2, -0.15) is 9.40 Å². The molecule has 0 spiro atoms. The standard InChI is InChI=1S/C15H23N7O3S.HI/c1-16-15(17-11-14-3-5-18-20(14)2)21-6-8-22(9-7-21)26(23,24)12-13-4-10-25-19-13;/h3-5,10H,6-9,11-12H2,1-2H3,(H,16,17);1H. The third-order valence-electron chi connectivity index (χ3n) is 4.31. The second-order valence-corrected chi connectivity index (χ2v) is 7.95. The molecule has 3 heterocycles. The van der Waals surface area contributed by atoms with Gasteiger partial charge in [0.25, 0.3) is 0 Å². The molecule has 1 fully saturated rings. The first-order chi connectivity index (χ1) is 12.5. The van der Waals surface area contributed by atoms with Crippen LogP contribution in [-0.4, -0.2) is 71.7 Å². The third kappa shape index (κ3) is 5.42. The van der Waals surface area contributed by atoms with Crippen LogP contribution in [0.3, 0.4) is 0 Å². The van der Waals surface area contributed by atoms with E-state index in [1.54, 1.807) is 24.0 Å². The lowest BCUT2D eigenvalue weighted by atomic mass is 10.3. The predicted molar refractivity (Wildman–Crippen MR) is 111 cm³/mol. The monoisotopic (exact) mass is 509 g/mol. The molecule has 3 rings (SSSR count). The first-order valence-corrected chi connectivity index (χ1v) is 9.90. The van der Waals surface area contributed by atoms with Crippen molar-refractivity contribution in [1.82, 2.24) is 29.5 Å². The quantitative estimate of drug-likeness (QED) is 0.350. The average Bonchev–Trinajstić information content (AvgIpc) is 3.27. The molecule has 0 aliphatic carbocycles.